The number of nitriles is 1. The average molecular weight is 425 g/mol. The Morgan fingerprint density at radius 2 is 1.94 bits per heavy atom. The smallest absolute Gasteiger partial charge is 0.410 e. The van der Waals surface area contributed by atoms with Gasteiger partial charge in [-0.3, -0.25) is 0 Å². The fraction of sp³-hybridized carbons (Fsp3) is 0.680. The van der Waals surface area contributed by atoms with Crippen LogP contribution in [0.4, 0.5) is 10.5 Å². The zero-order valence-corrected chi connectivity index (χ0v) is 19.4. The third-order valence-corrected chi connectivity index (χ3v) is 7.15. The lowest BCUT2D eigenvalue weighted by molar-refractivity contribution is 0.0237. The summed E-state index contributed by atoms with van der Waals surface area (Å²) in [6, 6.07) is 9.05. The maximum absolute atomic E-state index is 12.4. The molecule has 1 saturated carbocycles. The average Bonchev–Trinajstić information content (AvgIpc) is 3.13. The summed E-state index contributed by atoms with van der Waals surface area (Å²) in [6.07, 6.45) is 5.25. The van der Waals surface area contributed by atoms with Gasteiger partial charge in [-0.25, -0.2) is 4.79 Å². The molecule has 31 heavy (non-hydrogen) atoms. The predicted molar refractivity (Wildman–Crippen MR) is 122 cm³/mol. The molecule has 1 amide bonds. The fourth-order valence-electron chi connectivity index (χ4n) is 5.49. The zero-order chi connectivity index (χ0) is 22.2. The Morgan fingerprint density at radius 1 is 1.23 bits per heavy atom. The van der Waals surface area contributed by atoms with Crippen molar-refractivity contribution in [2.24, 2.45) is 5.41 Å². The summed E-state index contributed by atoms with van der Waals surface area (Å²) < 4.78 is 5.55. The van der Waals surface area contributed by atoms with E-state index < -0.39 is 5.60 Å². The topological polar surface area (TPSA) is 68.6 Å². The minimum Gasteiger partial charge on any atom is -0.444 e. The van der Waals surface area contributed by atoms with Crippen LogP contribution in [0, 0.1) is 16.7 Å². The van der Waals surface area contributed by atoms with Crippen molar-refractivity contribution >= 4 is 11.8 Å². The number of carbonyl (C=O) groups is 1. The first-order valence-electron chi connectivity index (χ1n) is 11.6. The van der Waals surface area contributed by atoms with Crippen LogP contribution in [0.15, 0.2) is 18.2 Å². The minimum absolute atomic E-state index is 0.185. The van der Waals surface area contributed by atoms with Gasteiger partial charge >= 0.3 is 6.09 Å². The van der Waals surface area contributed by atoms with Gasteiger partial charge in [0.1, 0.15) is 5.60 Å². The van der Waals surface area contributed by atoms with E-state index in [1.807, 2.05) is 37.8 Å². The molecule has 0 radical (unpaired) electrons. The van der Waals surface area contributed by atoms with Gasteiger partial charge in [-0.1, -0.05) is 0 Å². The first-order valence-corrected chi connectivity index (χ1v) is 11.6. The van der Waals surface area contributed by atoms with Gasteiger partial charge in [0.2, 0.25) is 0 Å². The number of nitrogens with one attached hydrogen (secondary N) is 1. The molecular formula is C25H36N4O2. The molecule has 6 nitrogen and oxygen atoms in total. The summed E-state index contributed by atoms with van der Waals surface area (Å²) >= 11 is 0. The van der Waals surface area contributed by atoms with Crippen LogP contribution < -0.4 is 5.32 Å². The fourth-order valence-corrected chi connectivity index (χ4v) is 5.49. The number of benzene rings is 1. The van der Waals surface area contributed by atoms with E-state index in [9.17, 15) is 10.1 Å². The Morgan fingerprint density at radius 3 is 2.58 bits per heavy atom. The second-order valence-corrected chi connectivity index (χ2v) is 10.9. The van der Waals surface area contributed by atoms with Crippen LogP contribution in [0.5, 0.6) is 0 Å². The molecule has 2 aliphatic heterocycles. The van der Waals surface area contributed by atoms with Gasteiger partial charge in [0.25, 0.3) is 0 Å². The summed E-state index contributed by atoms with van der Waals surface area (Å²) in [7, 11) is 2.17. The maximum atomic E-state index is 12.4. The van der Waals surface area contributed by atoms with E-state index in [0.29, 0.717) is 12.0 Å². The van der Waals surface area contributed by atoms with Crippen LogP contribution in [-0.4, -0.2) is 60.8 Å². The summed E-state index contributed by atoms with van der Waals surface area (Å²) in [4.78, 5) is 16.6. The normalized spacial score (nSPS) is 27.1. The van der Waals surface area contributed by atoms with Gasteiger partial charge in [0.05, 0.1) is 11.6 Å². The van der Waals surface area contributed by atoms with Crippen molar-refractivity contribution in [1.82, 2.24) is 9.80 Å². The number of hydrogen-bond acceptors (Lipinski definition) is 5. The molecule has 0 unspecified atom stereocenters. The number of likely N-dealkylation sites (tertiary alicyclic amines) is 2. The van der Waals surface area contributed by atoms with Gasteiger partial charge in [-0.15, -0.1) is 0 Å². The van der Waals surface area contributed by atoms with E-state index >= 15 is 0 Å². The summed E-state index contributed by atoms with van der Waals surface area (Å²) in [5.41, 5.74) is 2.92. The molecule has 4 rings (SSSR count). The van der Waals surface area contributed by atoms with Crippen molar-refractivity contribution in [3.8, 4) is 6.07 Å². The van der Waals surface area contributed by atoms with E-state index in [-0.39, 0.29) is 11.5 Å². The lowest BCUT2D eigenvalue weighted by Crippen LogP contribution is -2.47. The van der Waals surface area contributed by atoms with Crippen molar-refractivity contribution in [1.29, 1.82) is 5.26 Å². The van der Waals surface area contributed by atoms with Gasteiger partial charge in [0.15, 0.2) is 0 Å². The summed E-state index contributed by atoms with van der Waals surface area (Å²) in [5, 5.41) is 13.3. The van der Waals surface area contributed by atoms with E-state index in [2.05, 4.69) is 29.4 Å². The lowest BCUT2D eigenvalue weighted by Gasteiger charge is -2.46. The van der Waals surface area contributed by atoms with Gasteiger partial charge < -0.3 is 19.9 Å². The van der Waals surface area contributed by atoms with Gasteiger partial charge in [-0.2, -0.15) is 5.26 Å². The molecular weight excluding hydrogens is 388 g/mol. The van der Waals surface area contributed by atoms with Crippen LogP contribution in [0.3, 0.4) is 0 Å². The van der Waals surface area contributed by atoms with E-state index in [4.69, 9.17) is 4.74 Å². The maximum Gasteiger partial charge on any atom is 0.410 e. The highest BCUT2D eigenvalue weighted by Gasteiger charge is 2.50. The molecule has 0 atom stereocenters. The van der Waals surface area contributed by atoms with Crippen molar-refractivity contribution in [2.45, 2.75) is 70.4 Å². The number of piperidine rings is 1. The molecule has 2 heterocycles. The number of carbonyl (C=O) groups excluding carboxylic acids is 1. The third-order valence-electron chi connectivity index (χ3n) is 7.15. The largest absolute Gasteiger partial charge is 0.444 e. The zero-order valence-electron chi connectivity index (χ0n) is 19.4. The van der Waals surface area contributed by atoms with Crippen LogP contribution >= 0.6 is 0 Å². The van der Waals surface area contributed by atoms with Crippen molar-refractivity contribution in [3.05, 3.63) is 29.3 Å². The quantitative estimate of drug-likeness (QED) is 0.770. The van der Waals surface area contributed by atoms with Crippen molar-refractivity contribution in [3.63, 3.8) is 0 Å². The highest BCUT2D eigenvalue weighted by Crippen LogP contribution is 2.49. The molecule has 3 aliphatic rings. The Hall–Kier alpha value is -2.26. The van der Waals surface area contributed by atoms with Crippen LogP contribution in [0.25, 0.3) is 0 Å². The van der Waals surface area contributed by atoms with Crippen LogP contribution in [-0.2, 0) is 4.74 Å². The number of rotatable bonds is 3. The van der Waals surface area contributed by atoms with E-state index in [1.165, 1.54) is 5.56 Å². The number of anilines is 1. The van der Waals surface area contributed by atoms with Crippen molar-refractivity contribution < 1.29 is 9.53 Å². The Kier molecular flexibility index (Phi) is 5.91. The molecule has 1 spiro atoms. The Bertz CT molecular complexity index is 855. The standard InChI is InChI=1S/C25H36N4O2/c1-24(2,3)31-23(30)29-12-9-25(17-29)14-21(15-25)27-20-6-5-19(16-26)22(13-20)18-7-10-28(4)11-8-18/h5-6,13,18,21,27H,7-12,14-15,17H2,1-4H3. The molecule has 2 saturated heterocycles. The Balaban J connectivity index is 1.34. The second-order valence-electron chi connectivity index (χ2n) is 10.9. The number of amides is 1. The highest BCUT2D eigenvalue weighted by molar-refractivity contribution is 5.68. The minimum atomic E-state index is -0.447. The molecule has 1 aromatic rings. The van der Waals surface area contributed by atoms with Crippen LogP contribution in [0.1, 0.15) is 69.9 Å². The molecule has 0 bridgehead atoms. The first-order chi connectivity index (χ1) is 14.7. The monoisotopic (exact) mass is 424 g/mol. The van der Waals surface area contributed by atoms with Gasteiger partial charge in [-0.05, 0) is 108 Å². The van der Waals surface area contributed by atoms with E-state index in [0.717, 1.165) is 69.5 Å². The molecule has 6 heteroatoms. The molecule has 0 aromatic heterocycles. The van der Waals surface area contributed by atoms with Crippen molar-refractivity contribution in [2.75, 3.05) is 38.5 Å². The third kappa shape index (κ3) is 4.98. The van der Waals surface area contributed by atoms with E-state index in [1.54, 1.807) is 0 Å². The number of hydrogen-bond donors (Lipinski definition) is 1. The SMILES string of the molecule is CN1CCC(c2cc(NC3CC4(CCN(C(=O)OC(C)(C)C)C4)C3)ccc2C#N)CC1. The number of nitrogens with zero attached hydrogens (tertiary/aromatic N) is 3. The summed E-state index contributed by atoms with van der Waals surface area (Å²) in [6.45, 7) is 9.51. The molecule has 3 fully saturated rings. The molecule has 1 aromatic carbocycles. The summed E-state index contributed by atoms with van der Waals surface area (Å²) in [5.74, 6) is 0.470. The molecule has 1 aliphatic carbocycles. The Labute approximate surface area is 186 Å². The first kappa shape index (κ1) is 22.0. The van der Waals surface area contributed by atoms with Gasteiger partial charge in [0, 0.05) is 24.8 Å². The lowest BCUT2D eigenvalue weighted by atomic mass is 9.65. The van der Waals surface area contributed by atoms with Crippen LogP contribution in [0.2, 0.25) is 0 Å². The highest BCUT2D eigenvalue weighted by atomic mass is 16.6. The second kappa shape index (κ2) is 8.35. The molecule has 1 N–H and O–H groups in total. The molecule has 168 valence electrons. The predicted octanol–water partition coefficient (Wildman–Crippen LogP) is 4.57. The number of ether oxygens (including phenoxy) is 1.